The van der Waals surface area contributed by atoms with Gasteiger partial charge in [-0.05, 0) is 48.7 Å². The van der Waals surface area contributed by atoms with Gasteiger partial charge in [-0.25, -0.2) is 9.78 Å². The Morgan fingerprint density at radius 2 is 1.87 bits per heavy atom. The summed E-state index contributed by atoms with van der Waals surface area (Å²) in [5.41, 5.74) is 1.08. The van der Waals surface area contributed by atoms with Crippen LogP contribution in [0, 0.1) is 27.9 Å². The van der Waals surface area contributed by atoms with Gasteiger partial charge >= 0.3 is 5.97 Å². The molecule has 3 aliphatic heterocycles. The predicted molar refractivity (Wildman–Crippen MR) is 204 cm³/mol. The van der Waals surface area contributed by atoms with E-state index in [9.17, 15) is 29.6 Å². The maximum absolute atomic E-state index is 13.6. The van der Waals surface area contributed by atoms with Gasteiger partial charge in [-0.2, -0.15) is 0 Å². The van der Waals surface area contributed by atoms with Crippen LogP contribution in [0.2, 0.25) is 18.1 Å². The number of nitrogens with one attached hydrogen (secondary N) is 1. The molecule has 0 aliphatic carbocycles. The number of β-lactam (4-membered cyclic amide) rings is 1. The minimum Gasteiger partial charge on any atom is -0.456 e. The summed E-state index contributed by atoms with van der Waals surface area (Å²) in [6.45, 7) is 20.4. The molecule has 4 heterocycles. The Kier molecular flexibility index (Phi) is 11.9. The second kappa shape index (κ2) is 15.6. The molecule has 284 valence electrons. The number of aliphatic hydroxyl groups is 1. The van der Waals surface area contributed by atoms with Gasteiger partial charge in [0.05, 0.1) is 35.6 Å². The molecule has 6 atom stereocenters. The monoisotopic (exact) mass is 773 g/mol. The number of fused-ring (bicyclic) bond motifs is 1. The maximum atomic E-state index is 13.6. The highest BCUT2D eigenvalue weighted by atomic mass is 32.2. The van der Waals surface area contributed by atoms with Gasteiger partial charge in [0.15, 0.2) is 13.4 Å². The summed E-state index contributed by atoms with van der Waals surface area (Å²) < 4.78 is 12.1. The predicted octanol–water partition coefficient (Wildman–Crippen LogP) is 5.95. The number of nitro groups is 1. The first kappa shape index (κ1) is 39.9. The molecule has 2 aromatic rings. The smallest absolute Gasteiger partial charge is 0.356 e. The van der Waals surface area contributed by atoms with Crippen LogP contribution in [0.1, 0.15) is 70.9 Å². The van der Waals surface area contributed by atoms with E-state index in [0.29, 0.717) is 31.0 Å². The molecule has 2 N–H and O–H groups in total. The lowest BCUT2D eigenvalue weighted by Gasteiger charge is -2.46. The first-order valence-electron chi connectivity index (χ1n) is 17.8. The maximum Gasteiger partial charge on any atom is 0.356 e. The molecule has 5 rings (SSSR count). The van der Waals surface area contributed by atoms with Gasteiger partial charge < -0.3 is 29.4 Å². The van der Waals surface area contributed by atoms with Crippen molar-refractivity contribution in [1.82, 2.24) is 15.2 Å². The summed E-state index contributed by atoms with van der Waals surface area (Å²) in [6.07, 6.45) is 0.0419. The SMILES string of the molecule is CC[C@H](C)[C@@H](CO[Si](C)(C)C(C)(C)C)NC(=O)c1csc(N2CC(SC3=C(C(=O)OCc4ccc([N+](=O)[O-])cc4)N4C(=O)[C@H]([C@@H](C)O)[C@H]4[C@H]3C)C2)n1. The first-order valence-corrected chi connectivity index (χ1v) is 22.5. The number of thioether (sulfide) groups is 1. The number of carbonyl (C=O) groups excluding carboxylic acids is 3. The fourth-order valence-electron chi connectivity index (χ4n) is 6.35. The van der Waals surface area contributed by atoms with Crippen LogP contribution >= 0.6 is 23.1 Å². The Labute approximate surface area is 314 Å². The molecule has 0 saturated carbocycles. The van der Waals surface area contributed by atoms with Gasteiger partial charge in [-0.1, -0.05) is 48.0 Å². The third-order valence-corrected chi connectivity index (χ3v) is 17.9. The molecular formula is C36H51N5O8S2Si. The summed E-state index contributed by atoms with van der Waals surface area (Å²) in [7, 11) is -1.99. The number of rotatable bonds is 15. The molecule has 0 bridgehead atoms. The van der Waals surface area contributed by atoms with E-state index >= 15 is 0 Å². The lowest BCUT2D eigenvalue weighted by atomic mass is 9.79. The zero-order valence-corrected chi connectivity index (χ0v) is 34.0. The number of anilines is 1. The van der Waals surface area contributed by atoms with Gasteiger partial charge in [-0.15, -0.1) is 23.1 Å². The number of benzene rings is 1. The lowest BCUT2D eigenvalue weighted by molar-refractivity contribution is -0.384. The second-order valence-corrected chi connectivity index (χ2v) is 22.7. The van der Waals surface area contributed by atoms with Crippen LogP contribution < -0.4 is 10.2 Å². The number of esters is 1. The van der Waals surface area contributed by atoms with E-state index in [0.717, 1.165) is 16.5 Å². The van der Waals surface area contributed by atoms with Crippen LogP contribution in [0.5, 0.6) is 0 Å². The number of hydrogen-bond donors (Lipinski definition) is 2. The van der Waals surface area contributed by atoms with Crippen molar-refractivity contribution in [2.45, 2.75) is 103 Å². The van der Waals surface area contributed by atoms with Crippen LogP contribution in [0.4, 0.5) is 10.8 Å². The van der Waals surface area contributed by atoms with Crippen molar-refractivity contribution < 1.29 is 33.6 Å². The van der Waals surface area contributed by atoms with Crippen LogP contribution in [0.25, 0.3) is 0 Å². The van der Waals surface area contributed by atoms with Gasteiger partial charge in [0.2, 0.25) is 5.91 Å². The van der Waals surface area contributed by atoms with E-state index in [2.05, 4.69) is 62.9 Å². The normalized spacial score (nSPS) is 22.3. The number of aromatic nitrogens is 1. The molecule has 52 heavy (non-hydrogen) atoms. The molecule has 16 heteroatoms. The van der Waals surface area contributed by atoms with E-state index in [1.54, 1.807) is 12.3 Å². The van der Waals surface area contributed by atoms with E-state index in [4.69, 9.17) is 9.16 Å². The van der Waals surface area contributed by atoms with E-state index in [1.807, 2.05) is 6.92 Å². The Bertz CT molecular complexity index is 1700. The van der Waals surface area contributed by atoms with Crippen molar-refractivity contribution in [3.8, 4) is 0 Å². The van der Waals surface area contributed by atoms with Crippen molar-refractivity contribution >= 4 is 60.0 Å². The number of nitro benzene ring substituents is 1. The number of amides is 2. The molecule has 2 saturated heterocycles. The van der Waals surface area contributed by atoms with Gasteiger partial charge in [0.25, 0.3) is 11.6 Å². The number of thiazole rings is 1. The summed E-state index contributed by atoms with van der Waals surface area (Å²) in [5.74, 6) is -1.74. The third-order valence-electron chi connectivity index (χ3n) is 11.0. The fourth-order valence-corrected chi connectivity index (χ4v) is 9.72. The molecule has 0 radical (unpaired) electrons. The molecule has 0 spiro atoms. The zero-order chi connectivity index (χ0) is 38.3. The van der Waals surface area contributed by atoms with Crippen LogP contribution in [0.3, 0.4) is 0 Å². The van der Waals surface area contributed by atoms with Crippen LogP contribution in [-0.2, 0) is 25.4 Å². The van der Waals surface area contributed by atoms with Gasteiger partial charge in [0.1, 0.15) is 18.0 Å². The Morgan fingerprint density at radius 1 is 1.21 bits per heavy atom. The molecule has 1 aromatic heterocycles. The molecule has 1 aromatic carbocycles. The first-order chi connectivity index (χ1) is 24.3. The van der Waals surface area contributed by atoms with Crippen LogP contribution in [0.15, 0.2) is 40.2 Å². The third kappa shape index (κ3) is 8.10. The summed E-state index contributed by atoms with van der Waals surface area (Å²) in [6, 6.07) is 5.26. The van der Waals surface area contributed by atoms with Crippen molar-refractivity contribution in [2.24, 2.45) is 17.8 Å². The highest BCUT2D eigenvalue weighted by Gasteiger charge is 2.60. The van der Waals surface area contributed by atoms with Crippen molar-refractivity contribution in [1.29, 1.82) is 0 Å². The molecule has 2 fully saturated rings. The van der Waals surface area contributed by atoms with E-state index < -0.39 is 31.2 Å². The average Bonchev–Trinajstić information content (AvgIpc) is 3.63. The second-order valence-electron chi connectivity index (χ2n) is 15.7. The average molecular weight is 774 g/mol. The topological polar surface area (TPSA) is 164 Å². The molecule has 0 unspecified atom stereocenters. The minimum absolute atomic E-state index is 0.0658. The number of carbonyl (C=O) groups is 3. The van der Waals surface area contributed by atoms with Gasteiger partial charge in [-0.3, -0.25) is 19.7 Å². The Morgan fingerprint density at radius 3 is 2.44 bits per heavy atom. The molecule has 3 aliphatic rings. The zero-order valence-electron chi connectivity index (χ0n) is 31.4. The minimum atomic E-state index is -1.99. The van der Waals surface area contributed by atoms with Crippen LogP contribution in [-0.4, -0.2) is 89.1 Å². The molecule has 13 nitrogen and oxygen atoms in total. The Hall–Kier alpha value is -3.31. The van der Waals surface area contributed by atoms with E-state index in [1.165, 1.54) is 52.3 Å². The summed E-state index contributed by atoms with van der Waals surface area (Å²) in [5, 5.41) is 27.2. The largest absolute Gasteiger partial charge is 0.456 e. The highest BCUT2D eigenvalue weighted by molar-refractivity contribution is 8.03. The highest BCUT2D eigenvalue weighted by Crippen LogP contribution is 2.52. The Balaban J connectivity index is 1.23. The number of aliphatic hydroxyl groups excluding tert-OH is 1. The standard InChI is InChI=1S/C36H51N5O8S2Si/c1-10-20(2)26(18-49-52(8,9)36(5,6)7)37-32(43)27-19-50-35(38-27)39-15-25(16-39)51-31-21(3)29-28(22(4)42)33(44)40(29)30(31)34(45)48-17-23-11-13-24(14-12-23)41(46)47/h11-14,19-22,25-26,28-29,42H,10,15-18H2,1-9H3,(H,37,43)/t20-,21+,22+,26+,28+,29+/m0/s1. The quantitative estimate of drug-likeness (QED) is 0.0723. The lowest BCUT2D eigenvalue weighted by Crippen LogP contribution is -2.63. The molecular weight excluding hydrogens is 723 g/mol. The fraction of sp³-hybridized carbons (Fsp3) is 0.611. The number of nitrogens with zero attached hydrogens (tertiary/aromatic N) is 4. The van der Waals surface area contributed by atoms with Crippen molar-refractivity contribution in [3.05, 3.63) is 61.6 Å². The van der Waals surface area contributed by atoms with Crippen molar-refractivity contribution in [3.63, 3.8) is 0 Å². The number of non-ortho nitro benzene ring substituents is 1. The number of ether oxygens (including phenoxy) is 1. The van der Waals surface area contributed by atoms with Gasteiger partial charge in [0, 0.05) is 46.7 Å². The number of hydrogen-bond acceptors (Lipinski definition) is 12. The summed E-state index contributed by atoms with van der Waals surface area (Å²) in [4.78, 5) is 59.6. The van der Waals surface area contributed by atoms with E-state index in [-0.39, 0.29) is 64.0 Å². The summed E-state index contributed by atoms with van der Waals surface area (Å²) >= 11 is 2.95. The van der Waals surface area contributed by atoms with Crippen molar-refractivity contribution in [2.75, 3.05) is 24.6 Å². The molecule has 2 amide bonds.